The summed E-state index contributed by atoms with van der Waals surface area (Å²) in [6, 6.07) is 15.9. The van der Waals surface area contributed by atoms with Gasteiger partial charge in [-0.3, -0.25) is 9.59 Å². The van der Waals surface area contributed by atoms with Gasteiger partial charge >= 0.3 is 0 Å². The summed E-state index contributed by atoms with van der Waals surface area (Å²) in [4.78, 5) is 26.6. The molecule has 1 aliphatic rings. The number of carbonyl (C=O) groups excluding carboxylic acids is 1. The fourth-order valence-electron chi connectivity index (χ4n) is 4.14. The molecule has 1 atom stereocenters. The van der Waals surface area contributed by atoms with Gasteiger partial charge in [0.05, 0.1) is 29.8 Å². The number of para-hydroxylation sites is 1. The Morgan fingerprint density at radius 3 is 2.47 bits per heavy atom. The molecular weight excluding hydrogens is 512 g/mol. The molecule has 0 aliphatic carbocycles. The lowest BCUT2D eigenvalue weighted by molar-refractivity contribution is -0.122. The highest BCUT2D eigenvalue weighted by Crippen LogP contribution is 2.32. The van der Waals surface area contributed by atoms with E-state index in [1.165, 1.54) is 34.8 Å². The highest BCUT2D eigenvalue weighted by atomic mass is 32.2. The Balaban J connectivity index is 1.37. The lowest BCUT2D eigenvalue weighted by atomic mass is 10.1. The maximum Gasteiger partial charge on any atom is 0.265 e. The van der Waals surface area contributed by atoms with Crippen LogP contribution in [0.4, 0.5) is 5.69 Å². The summed E-state index contributed by atoms with van der Waals surface area (Å²) in [5.74, 6) is -0.264. The van der Waals surface area contributed by atoms with E-state index in [9.17, 15) is 18.0 Å². The number of anilines is 1. The molecule has 1 fully saturated rings. The second kappa shape index (κ2) is 10.8. The minimum Gasteiger partial charge on any atom is -0.473 e. The molecule has 0 saturated carbocycles. The van der Waals surface area contributed by atoms with Crippen LogP contribution in [-0.2, 0) is 19.6 Å². The van der Waals surface area contributed by atoms with Gasteiger partial charge in [-0.2, -0.15) is 4.31 Å². The van der Waals surface area contributed by atoms with E-state index in [0.29, 0.717) is 43.0 Å². The van der Waals surface area contributed by atoms with Crippen LogP contribution in [0.1, 0.15) is 13.3 Å². The first-order valence-corrected chi connectivity index (χ1v) is 13.6. The van der Waals surface area contributed by atoms with Crippen LogP contribution in [0, 0.1) is 0 Å². The predicted octanol–water partition coefficient (Wildman–Crippen LogP) is 3.87. The van der Waals surface area contributed by atoms with Crippen molar-refractivity contribution >= 4 is 32.6 Å². The Hall–Kier alpha value is -3.93. The monoisotopic (exact) mass is 538 g/mol. The number of hydrogen-bond acceptors (Lipinski definition) is 8. The number of hydrogen-bond donors (Lipinski definition) is 1. The maximum atomic E-state index is 13.3. The molecule has 11 heteroatoms. The van der Waals surface area contributed by atoms with E-state index in [0.717, 1.165) is 0 Å². The van der Waals surface area contributed by atoms with Crippen LogP contribution in [0.3, 0.4) is 0 Å². The van der Waals surface area contributed by atoms with Gasteiger partial charge in [0.1, 0.15) is 5.58 Å². The van der Waals surface area contributed by atoms with Gasteiger partial charge in [0, 0.05) is 18.8 Å². The molecule has 1 unspecified atom stereocenters. The smallest absolute Gasteiger partial charge is 0.265 e. The van der Waals surface area contributed by atoms with Gasteiger partial charge in [0.15, 0.2) is 11.9 Å². The Kier molecular flexibility index (Phi) is 7.32. The first-order chi connectivity index (χ1) is 18.4. The Labute approximate surface area is 218 Å². The van der Waals surface area contributed by atoms with Crippen LogP contribution < -0.4 is 15.5 Å². The van der Waals surface area contributed by atoms with Crippen molar-refractivity contribution in [2.24, 2.45) is 0 Å². The molecule has 0 spiro atoms. The SMILES string of the molecule is CCC(Oc1c(-c2ccco2)oc2ccccc2c1=O)C(=O)Nc1ccc(S(=O)(=O)N2CCOCC2)cc1. The third kappa shape index (κ3) is 5.08. The summed E-state index contributed by atoms with van der Waals surface area (Å²) in [6.07, 6.45) is 0.657. The number of carbonyl (C=O) groups is 1. The van der Waals surface area contributed by atoms with Crippen molar-refractivity contribution < 1.29 is 31.5 Å². The molecule has 198 valence electrons. The average Bonchev–Trinajstić information content (AvgIpc) is 3.48. The normalized spacial score (nSPS) is 15.3. The third-order valence-corrected chi connectivity index (χ3v) is 8.07. The molecule has 1 amide bonds. The highest BCUT2D eigenvalue weighted by molar-refractivity contribution is 7.89. The first-order valence-electron chi connectivity index (χ1n) is 12.1. The van der Waals surface area contributed by atoms with E-state index in [2.05, 4.69) is 5.32 Å². The quantitative estimate of drug-likeness (QED) is 0.358. The highest BCUT2D eigenvalue weighted by Gasteiger charge is 2.28. The van der Waals surface area contributed by atoms with Crippen molar-refractivity contribution in [2.75, 3.05) is 31.6 Å². The van der Waals surface area contributed by atoms with Crippen LogP contribution in [0.25, 0.3) is 22.5 Å². The van der Waals surface area contributed by atoms with E-state index < -0.39 is 27.5 Å². The van der Waals surface area contributed by atoms with Gasteiger partial charge in [-0.15, -0.1) is 0 Å². The van der Waals surface area contributed by atoms with Crippen LogP contribution in [-0.4, -0.2) is 51.0 Å². The molecular formula is C27H26N2O8S. The number of nitrogens with zero attached hydrogens (tertiary/aromatic N) is 1. The summed E-state index contributed by atoms with van der Waals surface area (Å²) in [5.41, 5.74) is 0.317. The summed E-state index contributed by atoms with van der Waals surface area (Å²) in [7, 11) is -3.66. The summed E-state index contributed by atoms with van der Waals surface area (Å²) < 4.78 is 49.6. The van der Waals surface area contributed by atoms with E-state index in [4.69, 9.17) is 18.3 Å². The van der Waals surface area contributed by atoms with Gasteiger partial charge in [-0.05, 0) is 55.0 Å². The fourth-order valence-corrected chi connectivity index (χ4v) is 5.54. The van der Waals surface area contributed by atoms with Gasteiger partial charge in [0.2, 0.25) is 27.0 Å². The van der Waals surface area contributed by atoms with Crippen molar-refractivity contribution in [2.45, 2.75) is 24.3 Å². The van der Waals surface area contributed by atoms with Crippen LogP contribution >= 0.6 is 0 Å². The molecule has 0 bridgehead atoms. The fraction of sp³-hybridized carbons (Fsp3) is 0.259. The van der Waals surface area contributed by atoms with Gasteiger partial charge in [0.25, 0.3) is 5.91 Å². The zero-order chi connectivity index (χ0) is 26.7. The van der Waals surface area contributed by atoms with Gasteiger partial charge in [-0.1, -0.05) is 19.1 Å². The summed E-state index contributed by atoms with van der Waals surface area (Å²) >= 11 is 0. The first kappa shape index (κ1) is 25.7. The lowest BCUT2D eigenvalue weighted by Crippen LogP contribution is -2.40. The van der Waals surface area contributed by atoms with E-state index >= 15 is 0 Å². The molecule has 1 aliphatic heterocycles. The number of amides is 1. The molecule has 10 nitrogen and oxygen atoms in total. The maximum absolute atomic E-state index is 13.3. The van der Waals surface area contributed by atoms with Crippen molar-refractivity contribution in [3.63, 3.8) is 0 Å². The third-order valence-electron chi connectivity index (χ3n) is 6.15. The minimum absolute atomic E-state index is 0.0858. The Morgan fingerprint density at radius 2 is 1.79 bits per heavy atom. The van der Waals surface area contributed by atoms with E-state index in [1.54, 1.807) is 43.3 Å². The van der Waals surface area contributed by atoms with Gasteiger partial charge < -0.3 is 23.6 Å². The summed E-state index contributed by atoms with van der Waals surface area (Å²) in [5, 5.41) is 3.04. The summed E-state index contributed by atoms with van der Waals surface area (Å²) in [6.45, 7) is 3.03. The average molecular weight is 539 g/mol. The second-order valence-electron chi connectivity index (χ2n) is 8.61. The van der Waals surface area contributed by atoms with Crippen LogP contribution in [0.15, 0.2) is 85.5 Å². The molecule has 4 aromatic rings. The molecule has 3 heterocycles. The van der Waals surface area contributed by atoms with E-state index in [-0.39, 0.29) is 28.6 Å². The van der Waals surface area contributed by atoms with Crippen LogP contribution in [0.5, 0.6) is 5.75 Å². The standard InChI is InChI=1S/C27H26N2O8S/c1-2-21(27(31)28-18-9-11-19(12-10-18)38(32,33)29-13-16-34-17-14-29)36-26-24(30)20-6-3-4-7-22(20)37-25(26)23-8-5-15-35-23/h3-12,15,21H,2,13-14,16-17H2,1H3,(H,28,31). The van der Waals surface area contributed by atoms with Crippen molar-refractivity contribution in [1.29, 1.82) is 0 Å². The zero-order valence-corrected chi connectivity index (χ0v) is 21.4. The molecule has 0 radical (unpaired) electrons. The van der Waals surface area contributed by atoms with Gasteiger partial charge in [-0.25, -0.2) is 8.42 Å². The number of furan rings is 1. The lowest BCUT2D eigenvalue weighted by Gasteiger charge is -2.26. The van der Waals surface area contributed by atoms with Crippen molar-refractivity contribution in [3.05, 3.63) is 77.2 Å². The molecule has 2 aromatic carbocycles. The number of sulfonamides is 1. The molecule has 1 saturated heterocycles. The second-order valence-corrected chi connectivity index (χ2v) is 10.5. The minimum atomic E-state index is -3.66. The topological polar surface area (TPSA) is 128 Å². The molecule has 1 N–H and O–H groups in total. The molecule has 5 rings (SSSR count). The number of morpholine rings is 1. The largest absolute Gasteiger partial charge is 0.473 e. The number of rotatable bonds is 8. The number of fused-ring (bicyclic) bond motifs is 1. The molecule has 2 aromatic heterocycles. The number of benzene rings is 2. The van der Waals surface area contributed by atoms with E-state index in [1.807, 2.05) is 0 Å². The van der Waals surface area contributed by atoms with Crippen molar-refractivity contribution in [3.8, 4) is 17.3 Å². The molecule has 38 heavy (non-hydrogen) atoms. The van der Waals surface area contributed by atoms with Crippen molar-refractivity contribution in [1.82, 2.24) is 4.31 Å². The Morgan fingerprint density at radius 1 is 1.05 bits per heavy atom. The zero-order valence-electron chi connectivity index (χ0n) is 20.6. The predicted molar refractivity (Wildman–Crippen MR) is 140 cm³/mol. The van der Waals surface area contributed by atoms with Crippen LogP contribution in [0.2, 0.25) is 0 Å². The Bertz CT molecular complexity index is 1590. The number of ether oxygens (including phenoxy) is 2. The number of nitrogens with one attached hydrogen (secondary N) is 1.